The molecule has 0 saturated carbocycles. The third-order valence-electron chi connectivity index (χ3n) is 4.21. The normalized spacial score (nSPS) is 13.3. The zero-order chi connectivity index (χ0) is 18.7. The van der Waals surface area contributed by atoms with E-state index in [0.717, 1.165) is 5.56 Å². The van der Waals surface area contributed by atoms with E-state index in [2.05, 4.69) is 5.10 Å². The number of esters is 1. The molecule has 0 spiro atoms. The van der Waals surface area contributed by atoms with Gasteiger partial charge in [0.15, 0.2) is 5.69 Å². The van der Waals surface area contributed by atoms with E-state index in [0.29, 0.717) is 36.8 Å². The monoisotopic (exact) mass is 359 g/mol. The van der Waals surface area contributed by atoms with Crippen LogP contribution in [0.5, 0.6) is 11.5 Å². The summed E-state index contributed by atoms with van der Waals surface area (Å²) in [4.78, 5) is 26.3. The highest BCUT2D eigenvalue weighted by atomic mass is 16.5. The molecule has 8 nitrogen and oxygen atoms in total. The molecule has 1 aliphatic rings. The molecule has 0 bridgehead atoms. The smallest absolute Gasteiger partial charge is 0.358 e. The molecule has 2 aromatic rings. The highest BCUT2D eigenvalue weighted by molar-refractivity contribution is 5.96. The third kappa shape index (κ3) is 3.35. The minimum Gasteiger partial charge on any atom is -0.497 e. The average molecular weight is 359 g/mol. The Labute approximate surface area is 151 Å². The van der Waals surface area contributed by atoms with E-state index in [1.165, 1.54) is 6.07 Å². The van der Waals surface area contributed by atoms with Gasteiger partial charge < -0.3 is 19.1 Å². The number of methoxy groups -OCH3 is 2. The van der Waals surface area contributed by atoms with Gasteiger partial charge in [-0.3, -0.25) is 9.48 Å². The molecule has 1 aromatic heterocycles. The molecule has 26 heavy (non-hydrogen) atoms. The Morgan fingerprint density at radius 2 is 2.00 bits per heavy atom. The van der Waals surface area contributed by atoms with Crippen LogP contribution in [0.15, 0.2) is 24.3 Å². The summed E-state index contributed by atoms with van der Waals surface area (Å²) < 4.78 is 17.1. The highest BCUT2D eigenvalue weighted by Gasteiger charge is 2.28. The lowest BCUT2D eigenvalue weighted by atomic mass is 10.1. The Balaban J connectivity index is 1.80. The van der Waals surface area contributed by atoms with E-state index in [4.69, 9.17) is 14.2 Å². The fourth-order valence-corrected chi connectivity index (χ4v) is 2.88. The molecule has 3 rings (SSSR count). The van der Waals surface area contributed by atoms with Gasteiger partial charge in [-0.05, 0) is 19.1 Å². The number of fused-ring (bicyclic) bond motifs is 1. The first kappa shape index (κ1) is 17.8. The average Bonchev–Trinajstić information content (AvgIpc) is 3.10. The van der Waals surface area contributed by atoms with Crippen LogP contribution < -0.4 is 9.47 Å². The van der Waals surface area contributed by atoms with E-state index >= 15 is 0 Å². The number of nitrogens with zero attached hydrogens (tertiary/aromatic N) is 3. The molecule has 0 N–H and O–H groups in total. The Bertz CT molecular complexity index is 830. The Kier molecular flexibility index (Phi) is 5.11. The summed E-state index contributed by atoms with van der Waals surface area (Å²) in [6, 6.07) is 6.97. The number of carbonyl (C=O) groups is 2. The molecule has 138 valence electrons. The topological polar surface area (TPSA) is 82.9 Å². The minimum atomic E-state index is -0.523. The molecule has 2 heterocycles. The lowest BCUT2D eigenvalue weighted by Crippen LogP contribution is -2.39. The van der Waals surface area contributed by atoms with Gasteiger partial charge in [-0.15, -0.1) is 0 Å². The SMILES string of the molecule is CCOC(=O)c1cc2n(n1)CCN(Cc1ccc(OC)cc1OC)C2=O. The molecule has 0 saturated heterocycles. The first-order valence-electron chi connectivity index (χ1n) is 8.32. The Morgan fingerprint density at radius 1 is 1.19 bits per heavy atom. The van der Waals surface area contributed by atoms with Crippen LogP contribution in [-0.4, -0.2) is 53.9 Å². The van der Waals surface area contributed by atoms with Crippen molar-refractivity contribution in [3.05, 3.63) is 41.2 Å². The summed E-state index contributed by atoms with van der Waals surface area (Å²) in [7, 11) is 3.17. The molecule has 0 radical (unpaired) electrons. The van der Waals surface area contributed by atoms with Crippen molar-refractivity contribution in [2.75, 3.05) is 27.4 Å². The summed E-state index contributed by atoms with van der Waals surface area (Å²) in [6.07, 6.45) is 0. The number of amides is 1. The molecule has 0 atom stereocenters. The van der Waals surface area contributed by atoms with Crippen LogP contribution in [0.1, 0.15) is 33.5 Å². The third-order valence-corrected chi connectivity index (χ3v) is 4.21. The van der Waals surface area contributed by atoms with Crippen LogP contribution >= 0.6 is 0 Å². The van der Waals surface area contributed by atoms with E-state index < -0.39 is 5.97 Å². The minimum absolute atomic E-state index is 0.152. The number of benzene rings is 1. The van der Waals surface area contributed by atoms with Gasteiger partial charge in [-0.25, -0.2) is 4.79 Å². The fraction of sp³-hybridized carbons (Fsp3) is 0.389. The van der Waals surface area contributed by atoms with Gasteiger partial charge in [-0.1, -0.05) is 0 Å². The van der Waals surface area contributed by atoms with Crippen LogP contribution in [0.25, 0.3) is 0 Å². The predicted octanol–water partition coefficient (Wildman–Crippen LogP) is 1.73. The van der Waals surface area contributed by atoms with E-state index in [9.17, 15) is 9.59 Å². The molecule has 1 aliphatic heterocycles. The van der Waals surface area contributed by atoms with Crippen molar-refractivity contribution in [1.29, 1.82) is 0 Å². The summed E-state index contributed by atoms with van der Waals surface area (Å²) in [5, 5.41) is 4.17. The second-order valence-electron chi connectivity index (χ2n) is 5.76. The second kappa shape index (κ2) is 7.47. The largest absolute Gasteiger partial charge is 0.497 e. The molecular weight excluding hydrogens is 338 g/mol. The fourth-order valence-electron chi connectivity index (χ4n) is 2.88. The lowest BCUT2D eigenvalue weighted by molar-refractivity contribution is 0.0517. The molecule has 0 unspecified atom stereocenters. The Morgan fingerprint density at radius 3 is 2.69 bits per heavy atom. The van der Waals surface area contributed by atoms with Gasteiger partial charge in [0, 0.05) is 30.8 Å². The number of carbonyl (C=O) groups excluding carboxylic acids is 2. The maximum Gasteiger partial charge on any atom is 0.358 e. The van der Waals surface area contributed by atoms with Gasteiger partial charge in [0.05, 0.1) is 27.4 Å². The van der Waals surface area contributed by atoms with Crippen LogP contribution in [-0.2, 0) is 17.8 Å². The van der Waals surface area contributed by atoms with Crippen LogP contribution in [0.2, 0.25) is 0 Å². The molecule has 8 heteroatoms. The van der Waals surface area contributed by atoms with E-state index in [1.54, 1.807) is 36.8 Å². The molecule has 1 aromatic carbocycles. The molecule has 0 aliphatic carbocycles. The van der Waals surface area contributed by atoms with Crippen molar-refractivity contribution in [3.8, 4) is 11.5 Å². The summed E-state index contributed by atoms with van der Waals surface area (Å²) >= 11 is 0. The van der Waals surface area contributed by atoms with Crippen LogP contribution in [0, 0.1) is 0 Å². The van der Waals surface area contributed by atoms with Gasteiger partial charge in [0.1, 0.15) is 17.2 Å². The first-order valence-corrected chi connectivity index (χ1v) is 8.32. The maximum atomic E-state index is 12.8. The molecule has 0 fully saturated rings. The quantitative estimate of drug-likeness (QED) is 0.731. The second-order valence-corrected chi connectivity index (χ2v) is 5.76. The van der Waals surface area contributed by atoms with Crippen molar-refractivity contribution in [1.82, 2.24) is 14.7 Å². The number of hydrogen-bond acceptors (Lipinski definition) is 6. The van der Waals surface area contributed by atoms with Crippen molar-refractivity contribution in [3.63, 3.8) is 0 Å². The van der Waals surface area contributed by atoms with Crippen molar-refractivity contribution < 1.29 is 23.8 Å². The number of rotatable bonds is 6. The maximum absolute atomic E-state index is 12.8. The number of aromatic nitrogens is 2. The Hall–Kier alpha value is -3.03. The standard InChI is InChI=1S/C18H21N3O5/c1-4-26-18(23)14-10-15-17(22)20(7-8-21(15)19-14)11-12-5-6-13(24-2)9-16(12)25-3/h5-6,9-10H,4,7-8,11H2,1-3H3. The first-order chi connectivity index (χ1) is 12.6. The number of hydrogen-bond donors (Lipinski definition) is 0. The molecule has 1 amide bonds. The summed E-state index contributed by atoms with van der Waals surface area (Å²) in [5.41, 5.74) is 1.41. The van der Waals surface area contributed by atoms with Gasteiger partial charge in [0.2, 0.25) is 0 Å². The van der Waals surface area contributed by atoms with Gasteiger partial charge >= 0.3 is 5.97 Å². The van der Waals surface area contributed by atoms with Crippen molar-refractivity contribution in [2.45, 2.75) is 20.0 Å². The highest BCUT2D eigenvalue weighted by Crippen LogP contribution is 2.27. The van der Waals surface area contributed by atoms with E-state index in [-0.39, 0.29) is 18.2 Å². The van der Waals surface area contributed by atoms with Crippen molar-refractivity contribution >= 4 is 11.9 Å². The summed E-state index contributed by atoms with van der Waals surface area (Å²) in [5.74, 6) is 0.638. The lowest BCUT2D eigenvalue weighted by Gasteiger charge is -2.28. The van der Waals surface area contributed by atoms with E-state index in [1.807, 2.05) is 12.1 Å². The summed E-state index contributed by atoms with van der Waals surface area (Å²) in [6.45, 7) is 3.39. The van der Waals surface area contributed by atoms with Crippen molar-refractivity contribution in [2.24, 2.45) is 0 Å². The van der Waals surface area contributed by atoms with Crippen LogP contribution in [0.3, 0.4) is 0 Å². The van der Waals surface area contributed by atoms with Crippen LogP contribution in [0.4, 0.5) is 0 Å². The van der Waals surface area contributed by atoms with Gasteiger partial charge in [-0.2, -0.15) is 5.10 Å². The zero-order valence-corrected chi connectivity index (χ0v) is 15.0. The van der Waals surface area contributed by atoms with Gasteiger partial charge in [0.25, 0.3) is 5.91 Å². The predicted molar refractivity (Wildman–Crippen MR) is 92.5 cm³/mol. The number of ether oxygens (including phenoxy) is 3. The molecular formula is C18H21N3O5. The zero-order valence-electron chi connectivity index (χ0n) is 15.0.